The Morgan fingerprint density at radius 2 is 2.06 bits per heavy atom. The molecule has 0 aliphatic heterocycles. The van der Waals surface area contributed by atoms with Crippen molar-refractivity contribution in [1.29, 1.82) is 0 Å². The molecule has 0 fully saturated rings. The first-order chi connectivity index (χ1) is 7.52. The molecule has 0 spiro atoms. The molecule has 0 saturated heterocycles. The number of nitrogens with zero attached hydrogens (tertiary/aromatic N) is 1. The van der Waals surface area contributed by atoms with Crippen LogP contribution in [0.5, 0.6) is 0 Å². The van der Waals surface area contributed by atoms with E-state index in [0.717, 1.165) is 13.0 Å². The molecule has 0 aromatic carbocycles. The predicted octanol–water partition coefficient (Wildman–Crippen LogP) is 3.11. The second-order valence-electron chi connectivity index (χ2n) is 4.87. The van der Waals surface area contributed by atoms with Gasteiger partial charge >= 0.3 is 0 Å². The van der Waals surface area contributed by atoms with E-state index in [2.05, 4.69) is 50.2 Å². The summed E-state index contributed by atoms with van der Waals surface area (Å²) < 4.78 is 0. The maximum absolute atomic E-state index is 6.06. The third-order valence-corrected chi connectivity index (χ3v) is 4.33. The summed E-state index contributed by atoms with van der Waals surface area (Å²) in [6, 6.07) is 5.13. The van der Waals surface area contributed by atoms with E-state index in [0.29, 0.717) is 18.0 Å². The zero-order chi connectivity index (χ0) is 12.1. The van der Waals surface area contributed by atoms with Gasteiger partial charge < -0.3 is 5.73 Å². The van der Waals surface area contributed by atoms with Crippen LogP contribution in [0.2, 0.25) is 0 Å². The highest BCUT2D eigenvalue weighted by molar-refractivity contribution is 7.10. The van der Waals surface area contributed by atoms with Crippen molar-refractivity contribution in [3.63, 3.8) is 0 Å². The molecule has 0 saturated carbocycles. The Morgan fingerprint density at radius 3 is 2.56 bits per heavy atom. The molecule has 2 N–H and O–H groups in total. The van der Waals surface area contributed by atoms with E-state index in [9.17, 15) is 0 Å². The van der Waals surface area contributed by atoms with Gasteiger partial charge in [-0.3, -0.25) is 4.90 Å². The predicted molar refractivity (Wildman–Crippen MR) is 72.8 cm³/mol. The lowest BCUT2D eigenvalue weighted by Gasteiger charge is -2.26. The first kappa shape index (κ1) is 13.7. The number of hydrogen-bond donors (Lipinski definition) is 1. The van der Waals surface area contributed by atoms with E-state index in [1.165, 1.54) is 4.88 Å². The van der Waals surface area contributed by atoms with Crippen LogP contribution in [0.25, 0.3) is 0 Å². The number of hydrogen-bond acceptors (Lipinski definition) is 3. The fourth-order valence-electron chi connectivity index (χ4n) is 1.63. The second kappa shape index (κ2) is 6.38. The molecule has 0 aliphatic carbocycles. The molecule has 2 atom stereocenters. The van der Waals surface area contributed by atoms with Gasteiger partial charge in [0.15, 0.2) is 0 Å². The molecule has 92 valence electrons. The van der Waals surface area contributed by atoms with Gasteiger partial charge in [0, 0.05) is 17.0 Å². The van der Waals surface area contributed by atoms with Crippen LogP contribution in [-0.2, 0) is 0 Å². The summed E-state index contributed by atoms with van der Waals surface area (Å²) in [5.41, 5.74) is 6.06. The zero-order valence-electron chi connectivity index (χ0n) is 10.8. The molecule has 1 aromatic rings. The minimum atomic E-state index is 0.318. The molecule has 0 aliphatic rings. The van der Waals surface area contributed by atoms with Crippen LogP contribution in [0.4, 0.5) is 0 Å². The molecule has 2 unspecified atom stereocenters. The summed E-state index contributed by atoms with van der Waals surface area (Å²) in [5.74, 6) is 0.574. The highest BCUT2D eigenvalue weighted by atomic mass is 32.1. The van der Waals surface area contributed by atoms with Gasteiger partial charge in [-0.05, 0) is 44.3 Å². The molecular weight excluding hydrogens is 216 g/mol. The van der Waals surface area contributed by atoms with E-state index in [1.54, 1.807) is 0 Å². The summed E-state index contributed by atoms with van der Waals surface area (Å²) in [4.78, 5) is 3.81. The van der Waals surface area contributed by atoms with Crippen LogP contribution >= 0.6 is 11.3 Å². The van der Waals surface area contributed by atoms with Gasteiger partial charge in [-0.1, -0.05) is 19.9 Å². The molecule has 0 amide bonds. The van der Waals surface area contributed by atoms with E-state index in [4.69, 9.17) is 5.73 Å². The lowest BCUT2D eigenvalue weighted by atomic mass is 10.0. The Hall–Kier alpha value is -0.380. The summed E-state index contributed by atoms with van der Waals surface area (Å²) in [6.07, 6.45) is 1.07. The maximum Gasteiger partial charge on any atom is 0.0410 e. The Labute approximate surface area is 103 Å². The Balaban J connectivity index is 2.38. The van der Waals surface area contributed by atoms with E-state index < -0.39 is 0 Å². The topological polar surface area (TPSA) is 29.3 Å². The van der Waals surface area contributed by atoms with Crippen molar-refractivity contribution in [2.45, 2.75) is 39.3 Å². The van der Waals surface area contributed by atoms with Crippen molar-refractivity contribution in [1.82, 2.24) is 4.90 Å². The molecule has 16 heavy (non-hydrogen) atoms. The van der Waals surface area contributed by atoms with Gasteiger partial charge in [-0.15, -0.1) is 11.3 Å². The highest BCUT2D eigenvalue weighted by Gasteiger charge is 2.14. The molecule has 3 heteroatoms. The Bertz CT molecular complexity index is 282. The van der Waals surface area contributed by atoms with Crippen molar-refractivity contribution in [2.75, 3.05) is 13.6 Å². The van der Waals surface area contributed by atoms with Crippen LogP contribution < -0.4 is 5.73 Å². The number of rotatable bonds is 6. The first-order valence-corrected chi connectivity index (χ1v) is 6.89. The van der Waals surface area contributed by atoms with Gasteiger partial charge in [0.2, 0.25) is 0 Å². The molecule has 0 radical (unpaired) electrons. The fourth-order valence-corrected chi connectivity index (χ4v) is 2.47. The van der Waals surface area contributed by atoms with Gasteiger partial charge in [-0.25, -0.2) is 0 Å². The van der Waals surface area contributed by atoms with E-state index in [-0.39, 0.29) is 0 Å². The fraction of sp³-hybridized carbons (Fsp3) is 0.692. The summed E-state index contributed by atoms with van der Waals surface area (Å²) in [6.45, 7) is 7.70. The highest BCUT2D eigenvalue weighted by Crippen LogP contribution is 2.23. The first-order valence-electron chi connectivity index (χ1n) is 6.01. The molecule has 1 rings (SSSR count). The average Bonchev–Trinajstić information content (AvgIpc) is 2.77. The van der Waals surface area contributed by atoms with Crippen LogP contribution in [0.3, 0.4) is 0 Å². The number of nitrogens with two attached hydrogens (primary N) is 1. The van der Waals surface area contributed by atoms with Crippen molar-refractivity contribution >= 4 is 11.3 Å². The van der Waals surface area contributed by atoms with Crippen LogP contribution in [0.1, 0.15) is 38.1 Å². The quantitative estimate of drug-likeness (QED) is 0.828. The third kappa shape index (κ3) is 3.89. The average molecular weight is 240 g/mol. The van der Waals surface area contributed by atoms with Crippen LogP contribution in [-0.4, -0.2) is 24.5 Å². The Morgan fingerprint density at radius 1 is 1.38 bits per heavy atom. The Kier molecular flexibility index (Phi) is 5.46. The zero-order valence-corrected chi connectivity index (χ0v) is 11.6. The minimum absolute atomic E-state index is 0.318. The van der Waals surface area contributed by atoms with Crippen molar-refractivity contribution in [3.05, 3.63) is 22.4 Å². The van der Waals surface area contributed by atoms with Crippen LogP contribution in [0, 0.1) is 5.92 Å². The molecule has 0 bridgehead atoms. The molecular formula is C13H24N2S. The monoisotopic (exact) mass is 240 g/mol. The molecule has 2 nitrogen and oxygen atoms in total. The smallest absolute Gasteiger partial charge is 0.0410 e. The van der Waals surface area contributed by atoms with Gasteiger partial charge in [-0.2, -0.15) is 0 Å². The van der Waals surface area contributed by atoms with Crippen LogP contribution in [0.15, 0.2) is 17.5 Å². The third-order valence-electron chi connectivity index (χ3n) is 3.29. The normalized spacial score (nSPS) is 15.7. The number of thiophene rings is 1. The van der Waals surface area contributed by atoms with E-state index in [1.807, 2.05) is 11.3 Å². The summed E-state index contributed by atoms with van der Waals surface area (Å²) >= 11 is 1.83. The second-order valence-corrected chi connectivity index (χ2v) is 5.85. The van der Waals surface area contributed by atoms with Crippen molar-refractivity contribution in [2.24, 2.45) is 11.7 Å². The van der Waals surface area contributed by atoms with Gasteiger partial charge in [0.1, 0.15) is 0 Å². The lowest BCUT2D eigenvalue weighted by Crippen LogP contribution is -2.32. The summed E-state index contributed by atoms with van der Waals surface area (Å²) in [7, 11) is 2.18. The molecule has 1 heterocycles. The van der Waals surface area contributed by atoms with Crippen molar-refractivity contribution in [3.8, 4) is 0 Å². The standard InChI is InChI=1S/C13H24N2S/c1-10(2)12(14)7-8-15(4)11(3)13-6-5-9-16-13/h5-6,9-12H,7-8,14H2,1-4H3. The molecule has 1 aromatic heterocycles. The van der Waals surface area contributed by atoms with Gasteiger partial charge in [0.25, 0.3) is 0 Å². The van der Waals surface area contributed by atoms with Gasteiger partial charge in [0.05, 0.1) is 0 Å². The largest absolute Gasteiger partial charge is 0.327 e. The minimum Gasteiger partial charge on any atom is -0.327 e. The van der Waals surface area contributed by atoms with Crippen molar-refractivity contribution < 1.29 is 0 Å². The van der Waals surface area contributed by atoms with E-state index >= 15 is 0 Å². The maximum atomic E-state index is 6.06. The summed E-state index contributed by atoms with van der Waals surface area (Å²) in [5, 5.41) is 2.14. The lowest BCUT2D eigenvalue weighted by molar-refractivity contribution is 0.246. The SMILES string of the molecule is CC(C)C(N)CCN(C)C(C)c1cccs1.